The van der Waals surface area contributed by atoms with E-state index in [9.17, 15) is 8.42 Å². The molecule has 0 aromatic carbocycles. The summed E-state index contributed by atoms with van der Waals surface area (Å²) < 4.78 is 25.4. The van der Waals surface area contributed by atoms with Crippen molar-refractivity contribution >= 4 is 16.0 Å². The predicted octanol–water partition coefficient (Wildman–Crippen LogP) is 0.549. The van der Waals surface area contributed by atoms with Crippen LogP contribution in [-0.2, 0) is 10.0 Å². The summed E-state index contributed by atoms with van der Waals surface area (Å²) in [5, 5.41) is 2.73. The van der Waals surface area contributed by atoms with E-state index in [1.54, 1.807) is 20.9 Å². The summed E-state index contributed by atoms with van der Waals surface area (Å²) in [6, 6.07) is 0. The summed E-state index contributed by atoms with van der Waals surface area (Å²) in [5.41, 5.74) is 0. The molecule has 1 N–H and O–H groups in total. The van der Waals surface area contributed by atoms with Gasteiger partial charge < -0.3 is 5.32 Å². The number of nitrogens with zero attached hydrogens (tertiary/aromatic N) is 3. The van der Waals surface area contributed by atoms with E-state index in [1.165, 1.54) is 16.7 Å². The second-order valence-electron chi connectivity index (χ2n) is 3.08. The van der Waals surface area contributed by atoms with Crippen LogP contribution in [0.5, 0.6) is 0 Å². The number of sulfonamides is 1. The topological polar surface area (TPSA) is 75.2 Å². The average molecular weight is 244 g/mol. The van der Waals surface area contributed by atoms with Crippen molar-refractivity contribution in [1.82, 2.24) is 14.3 Å². The molecule has 0 saturated heterocycles. The first-order valence-electron chi connectivity index (χ1n) is 5.06. The molecule has 0 saturated carbocycles. The van der Waals surface area contributed by atoms with Gasteiger partial charge in [-0.15, -0.1) is 0 Å². The number of aromatic nitrogens is 2. The lowest BCUT2D eigenvalue weighted by Gasteiger charge is -2.17. The van der Waals surface area contributed by atoms with E-state index in [0.717, 1.165) is 0 Å². The molecule has 6 nitrogen and oxygen atoms in total. The molecular weight excluding hydrogens is 228 g/mol. The molecule has 90 valence electrons. The summed E-state index contributed by atoms with van der Waals surface area (Å²) in [5.74, 6) is 0.401. The third kappa shape index (κ3) is 2.48. The largest absolute Gasteiger partial charge is 0.357 e. The maximum Gasteiger partial charge on any atom is 0.246 e. The fourth-order valence-electron chi connectivity index (χ4n) is 1.29. The van der Waals surface area contributed by atoms with Crippen molar-refractivity contribution in [2.75, 3.05) is 25.5 Å². The molecule has 0 unspecified atom stereocenters. The van der Waals surface area contributed by atoms with Crippen LogP contribution in [0.4, 0.5) is 5.95 Å². The molecule has 1 heterocycles. The van der Waals surface area contributed by atoms with E-state index in [1.807, 2.05) is 0 Å². The van der Waals surface area contributed by atoms with Crippen LogP contribution in [0.25, 0.3) is 0 Å². The lowest BCUT2D eigenvalue weighted by atomic mass is 10.7. The molecule has 7 heteroatoms. The van der Waals surface area contributed by atoms with Gasteiger partial charge in [-0.1, -0.05) is 13.8 Å². The maximum atomic E-state index is 12.0. The van der Waals surface area contributed by atoms with Crippen molar-refractivity contribution < 1.29 is 8.42 Å². The van der Waals surface area contributed by atoms with Crippen LogP contribution in [0.3, 0.4) is 0 Å². The quantitative estimate of drug-likeness (QED) is 0.818. The van der Waals surface area contributed by atoms with Gasteiger partial charge in [0.05, 0.1) is 12.4 Å². The van der Waals surface area contributed by atoms with Crippen molar-refractivity contribution in [2.24, 2.45) is 0 Å². The zero-order chi connectivity index (χ0) is 12.2. The van der Waals surface area contributed by atoms with E-state index in [2.05, 4.69) is 15.3 Å². The zero-order valence-electron chi connectivity index (χ0n) is 9.64. The Bertz CT molecular complexity index is 425. The lowest BCUT2D eigenvalue weighted by Crippen LogP contribution is -2.30. The van der Waals surface area contributed by atoms with Crippen LogP contribution in [0.2, 0.25) is 0 Å². The Hall–Kier alpha value is -1.21. The normalized spacial score (nSPS) is 11.8. The first kappa shape index (κ1) is 12.9. The molecule has 1 aromatic heterocycles. The molecule has 16 heavy (non-hydrogen) atoms. The Morgan fingerprint density at radius 1 is 1.25 bits per heavy atom. The smallest absolute Gasteiger partial charge is 0.246 e. The van der Waals surface area contributed by atoms with Gasteiger partial charge in [-0.3, -0.25) is 0 Å². The highest BCUT2D eigenvalue weighted by Crippen LogP contribution is 2.13. The second-order valence-corrected chi connectivity index (χ2v) is 5.02. The zero-order valence-corrected chi connectivity index (χ0v) is 10.5. The molecule has 0 atom stereocenters. The molecule has 0 spiro atoms. The molecule has 0 aliphatic heterocycles. The Morgan fingerprint density at radius 3 is 2.12 bits per heavy atom. The fraction of sp³-hybridized carbons (Fsp3) is 0.556. The van der Waals surface area contributed by atoms with Gasteiger partial charge in [0.1, 0.15) is 4.90 Å². The SMILES string of the molecule is CCN(CC)S(=O)(=O)c1cnc(NC)nc1. The first-order chi connectivity index (χ1) is 7.56. The van der Waals surface area contributed by atoms with Crippen molar-refractivity contribution in [2.45, 2.75) is 18.7 Å². The van der Waals surface area contributed by atoms with Crippen molar-refractivity contribution in [3.8, 4) is 0 Å². The number of nitrogens with one attached hydrogen (secondary N) is 1. The van der Waals surface area contributed by atoms with Gasteiger partial charge in [-0.2, -0.15) is 4.31 Å². The predicted molar refractivity (Wildman–Crippen MR) is 61.7 cm³/mol. The molecule has 0 aliphatic rings. The van der Waals surface area contributed by atoms with E-state index in [4.69, 9.17) is 0 Å². The Kier molecular flexibility index (Phi) is 4.19. The average Bonchev–Trinajstić information content (AvgIpc) is 2.30. The minimum absolute atomic E-state index is 0.121. The monoisotopic (exact) mass is 244 g/mol. The maximum absolute atomic E-state index is 12.0. The first-order valence-corrected chi connectivity index (χ1v) is 6.50. The molecule has 1 aromatic rings. The standard InChI is InChI=1S/C9H16N4O2S/c1-4-13(5-2)16(14,15)8-6-11-9(10-3)12-7-8/h6-7H,4-5H2,1-3H3,(H,10,11,12). The molecule has 0 fully saturated rings. The molecular formula is C9H16N4O2S. The summed E-state index contributed by atoms with van der Waals surface area (Å²) in [6.45, 7) is 4.47. The van der Waals surface area contributed by atoms with E-state index in [-0.39, 0.29) is 4.90 Å². The summed E-state index contributed by atoms with van der Waals surface area (Å²) in [7, 11) is -1.77. The number of hydrogen-bond donors (Lipinski definition) is 1. The lowest BCUT2D eigenvalue weighted by molar-refractivity contribution is 0.444. The van der Waals surface area contributed by atoms with Gasteiger partial charge in [0.25, 0.3) is 0 Å². The number of anilines is 1. The van der Waals surface area contributed by atoms with E-state index in [0.29, 0.717) is 19.0 Å². The Morgan fingerprint density at radius 2 is 1.75 bits per heavy atom. The summed E-state index contributed by atoms with van der Waals surface area (Å²) in [4.78, 5) is 7.89. The van der Waals surface area contributed by atoms with Gasteiger partial charge in [0.15, 0.2) is 0 Å². The van der Waals surface area contributed by atoms with Crippen molar-refractivity contribution in [1.29, 1.82) is 0 Å². The van der Waals surface area contributed by atoms with Crippen LogP contribution in [0.1, 0.15) is 13.8 Å². The van der Waals surface area contributed by atoms with Crippen LogP contribution in [-0.4, -0.2) is 42.8 Å². The van der Waals surface area contributed by atoms with E-state index < -0.39 is 10.0 Å². The van der Waals surface area contributed by atoms with Gasteiger partial charge >= 0.3 is 0 Å². The van der Waals surface area contributed by atoms with Gasteiger partial charge in [0.2, 0.25) is 16.0 Å². The Labute approximate surface area is 95.8 Å². The minimum Gasteiger partial charge on any atom is -0.357 e. The second kappa shape index (κ2) is 5.22. The minimum atomic E-state index is -3.45. The molecule has 0 radical (unpaired) electrons. The third-order valence-corrected chi connectivity index (χ3v) is 4.20. The van der Waals surface area contributed by atoms with Gasteiger partial charge in [-0.25, -0.2) is 18.4 Å². The summed E-state index contributed by atoms with van der Waals surface area (Å²) in [6.07, 6.45) is 2.62. The fourth-order valence-corrected chi connectivity index (χ4v) is 2.64. The summed E-state index contributed by atoms with van der Waals surface area (Å²) >= 11 is 0. The van der Waals surface area contributed by atoms with Crippen LogP contribution in [0.15, 0.2) is 17.3 Å². The highest BCUT2D eigenvalue weighted by Gasteiger charge is 2.22. The number of hydrogen-bond acceptors (Lipinski definition) is 5. The number of rotatable bonds is 5. The van der Waals surface area contributed by atoms with Crippen LogP contribution >= 0.6 is 0 Å². The van der Waals surface area contributed by atoms with E-state index >= 15 is 0 Å². The van der Waals surface area contributed by atoms with Crippen LogP contribution in [0, 0.1) is 0 Å². The molecule has 0 aliphatic carbocycles. The highest BCUT2D eigenvalue weighted by atomic mass is 32.2. The molecule has 1 rings (SSSR count). The van der Waals surface area contributed by atoms with Crippen molar-refractivity contribution in [3.05, 3.63) is 12.4 Å². The van der Waals surface area contributed by atoms with Gasteiger partial charge in [0, 0.05) is 20.1 Å². The Balaban J connectivity index is 3.07. The van der Waals surface area contributed by atoms with Crippen LogP contribution < -0.4 is 5.32 Å². The molecule has 0 amide bonds. The molecule has 0 bridgehead atoms. The van der Waals surface area contributed by atoms with Crippen molar-refractivity contribution in [3.63, 3.8) is 0 Å². The van der Waals surface area contributed by atoms with Gasteiger partial charge in [-0.05, 0) is 0 Å². The third-order valence-electron chi connectivity index (χ3n) is 2.19. The highest BCUT2D eigenvalue weighted by molar-refractivity contribution is 7.89.